The summed E-state index contributed by atoms with van der Waals surface area (Å²) in [7, 11) is 1.52. The SMILES string of the molecule is COCC(=O)N[C@H]1[C@H](c2cccs2)N(CC2CCCCC2)CC[C@@]1(C)O. The second-order valence-corrected chi connectivity index (χ2v) is 9.02. The summed E-state index contributed by atoms with van der Waals surface area (Å²) in [5.74, 6) is 0.559. The van der Waals surface area contributed by atoms with Crippen LogP contribution in [0.5, 0.6) is 0 Å². The molecule has 1 aromatic heterocycles. The summed E-state index contributed by atoms with van der Waals surface area (Å²) in [6.07, 6.45) is 7.27. The van der Waals surface area contributed by atoms with Crippen LogP contribution in [0.4, 0.5) is 0 Å². The second kappa shape index (κ2) is 8.83. The molecule has 2 aliphatic rings. The first-order valence-corrected chi connectivity index (χ1v) is 10.7. The number of ether oxygens (including phenoxy) is 1. The molecule has 0 aromatic carbocycles. The Labute approximate surface area is 160 Å². The molecule has 0 unspecified atom stereocenters. The van der Waals surface area contributed by atoms with E-state index >= 15 is 0 Å². The maximum atomic E-state index is 12.2. The highest BCUT2D eigenvalue weighted by Gasteiger charge is 2.46. The summed E-state index contributed by atoms with van der Waals surface area (Å²) in [6.45, 7) is 3.79. The van der Waals surface area contributed by atoms with E-state index in [-0.39, 0.29) is 24.6 Å². The third-order valence-electron chi connectivity index (χ3n) is 5.93. The molecule has 26 heavy (non-hydrogen) atoms. The number of methoxy groups -OCH3 is 1. The van der Waals surface area contributed by atoms with Gasteiger partial charge >= 0.3 is 0 Å². The van der Waals surface area contributed by atoms with Crippen LogP contribution >= 0.6 is 11.3 Å². The van der Waals surface area contributed by atoms with Crippen molar-refractivity contribution in [1.82, 2.24) is 10.2 Å². The van der Waals surface area contributed by atoms with Crippen molar-refractivity contribution < 1.29 is 14.6 Å². The molecule has 3 atom stereocenters. The zero-order valence-electron chi connectivity index (χ0n) is 15.9. The number of amides is 1. The van der Waals surface area contributed by atoms with Crippen LogP contribution in [0.25, 0.3) is 0 Å². The fourth-order valence-electron chi connectivity index (χ4n) is 4.51. The van der Waals surface area contributed by atoms with Gasteiger partial charge in [-0.05, 0) is 43.6 Å². The van der Waals surface area contributed by atoms with E-state index in [4.69, 9.17) is 4.74 Å². The van der Waals surface area contributed by atoms with Gasteiger partial charge < -0.3 is 15.2 Å². The third kappa shape index (κ3) is 4.66. The van der Waals surface area contributed by atoms with Crippen LogP contribution in [0.2, 0.25) is 0 Å². The Morgan fingerprint density at radius 2 is 2.19 bits per heavy atom. The molecule has 1 aliphatic heterocycles. The van der Waals surface area contributed by atoms with E-state index in [1.165, 1.54) is 44.1 Å². The van der Waals surface area contributed by atoms with Gasteiger partial charge in [0.2, 0.25) is 5.91 Å². The number of hydrogen-bond donors (Lipinski definition) is 2. The number of nitrogens with zero attached hydrogens (tertiary/aromatic N) is 1. The predicted molar refractivity (Wildman–Crippen MR) is 104 cm³/mol. The first kappa shape index (κ1) is 19.8. The molecule has 0 bridgehead atoms. The van der Waals surface area contributed by atoms with Gasteiger partial charge in [-0.1, -0.05) is 25.3 Å². The van der Waals surface area contributed by atoms with E-state index in [1.807, 2.05) is 6.92 Å². The van der Waals surface area contributed by atoms with Crippen molar-refractivity contribution >= 4 is 17.2 Å². The second-order valence-electron chi connectivity index (χ2n) is 8.04. The molecule has 1 amide bonds. The van der Waals surface area contributed by atoms with Crippen molar-refractivity contribution in [1.29, 1.82) is 0 Å². The molecule has 146 valence electrons. The Morgan fingerprint density at radius 3 is 2.85 bits per heavy atom. The van der Waals surface area contributed by atoms with Crippen LogP contribution in [0.1, 0.15) is 56.4 Å². The molecule has 0 radical (unpaired) electrons. The van der Waals surface area contributed by atoms with E-state index in [9.17, 15) is 9.90 Å². The number of nitrogens with one attached hydrogen (secondary N) is 1. The fraction of sp³-hybridized carbons (Fsp3) is 0.750. The molecule has 2 fully saturated rings. The predicted octanol–water partition coefficient (Wildman–Crippen LogP) is 2.96. The molecule has 1 saturated heterocycles. The largest absolute Gasteiger partial charge is 0.388 e. The van der Waals surface area contributed by atoms with Crippen molar-refractivity contribution in [3.05, 3.63) is 22.4 Å². The summed E-state index contributed by atoms with van der Waals surface area (Å²) in [5, 5.41) is 16.2. The van der Waals surface area contributed by atoms with E-state index < -0.39 is 5.60 Å². The molecule has 0 spiro atoms. The highest BCUT2D eigenvalue weighted by Crippen LogP contribution is 2.40. The van der Waals surface area contributed by atoms with Gasteiger partial charge in [-0.15, -0.1) is 11.3 Å². The highest BCUT2D eigenvalue weighted by molar-refractivity contribution is 7.10. The third-order valence-corrected chi connectivity index (χ3v) is 6.87. The van der Waals surface area contributed by atoms with Crippen LogP contribution in [-0.2, 0) is 9.53 Å². The molecule has 1 aliphatic carbocycles. The van der Waals surface area contributed by atoms with Crippen molar-refractivity contribution in [3.63, 3.8) is 0 Å². The van der Waals surface area contributed by atoms with Gasteiger partial charge in [0, 0.05) is 25.1 Å². The lowest BCUT2D eigenvalue weighted by Gasteiger charge is -2.49. The molecule has 2 N–H and O–H groups in total. The number of hydrogen-bond acceptors (Lipinski definition) is 5. The molecule has 3 rings (SSSR count). The minimum absolute atomic E-state index is 0.0153. The fourth-order valence-corrected chi connectivity index (χ4v) is 5.40. The molecule has 5 nitrogen and oxygen atoms in total. The minimum Gasteiger partial charge on any atom is -0.388 e. The van der Waals surface area contributed by atoms with E-state index in [2.05, 4.69) is 27.7 Å². The van der Waals surface area contributed by atoms with Gasteiger partial charge in [-0.25, -0.2) is 0 Å². The van der Waals surface area contributed by atoms with Gasteiger partial charge in [0.1, 0.15) is 6.61 Å². The maximum Gasteiger partial charge on any atom is 0.246 e. The van der Waals surface area contributed by atoms with Crippen molar-refractivity contribution in [2.45, 2.75) is 63.1 Å². The normalized spacial score (nSPS) is 31.0. The Morgan fingerprint density at radius 1 is 1.42 bits per heavy atom. The lowest BCUT2D eigenvalue weighted by atomic mass is 9.80. The molecule has 2 heterocycles. The van der Waals surface area contributed by atoms with Crippen LogP contribution in [0, 0.1) is 5.92 Å². The zero-order valence-corrected chi connectivity index (χ0v) is 16.8. The minimum atomic E-state index is -0.929. The Kier molecular flexibility index (Phi) is 6.72. The number of aliphatic hydroxyl groups is 1. The Hall–Kier alpha value is -0.950. The van der Waals surface area contributed by atoms with Crippen molar-refractivity contribution in [2.24, 2.45) is 5.92 Å². The van der Waals surface area contributed by atoms with Crippen LogP contribution in [-0.4, -0.2) is 54.4 Å². The summed E-state index contributed by atoms with van der Waals surface area (Å²) < 4.78 is 4.98. The van der Waals surface area contributed by atoms with Gasteiger partial charge in [0.15, 0.2) is 0 Å². The number of likely N-dealkylation sites (tertiary alicyclic amines) is 1. The number of carbonyl (C=O) groups excluding carboxylic acids is 1. The van der Waals surface area contributed by atoms with Crippen LogP contribution in [0.15, 0.2) is 17.5 Å². The van der Waals surface area contributed by atoms with Crippen molar-refractivity contribution in [3.8, 4) is 0 Å². The quantitative estimate of drug-likeness (QED) is 0.797. The Bertz CT molecular complexity index is 570. The first-order valence-electron chi connectivity index (χ1n) is 9.79. The number of carbonyl (C=O) groups is 1. The van der Waals surface area contributed by atoms with Gasteiger partial charge in [-0.2, -0.15) is 0 Å². The molecular formula is C20H32N2O3S. The lowest BCUT2D eigenvalue weighted by Crippen LogP contribution is -2.63. The first-order chi connectivity index (χ1) is 12.5. The van der Waals surface area contributed by atoms with Gasteiger partial charge in [0.25, 0.3) is 0 Å². The summed E-state index contributed by atoms with van der Waals surface area (Å²) >= 11 is 1.70. The zero-order chi connectivity index (χ0) is 18.6. The van der Waals surface area contributed by atoms with E-state index in [0.717, 1.165) is 19.0 Å². The van der Waals surface area contributed by atoms with E-state index in [1.54, 1.807) is 11.3 Å². The monoisotopic (exact) mass is 380 g/mol. The number of thiophene rings is 1. The molecular weight excluding hydrogens is 348 g/mol. The molecule has 6 heteroatoms. The Balaban J connectivity index is 1.83. The highest BCUT2D eigenvalue weighted by atomic mass is 32.1. The molecule has 1 saturated carbocycles. The summed E-state index contributed by atoms with van der Waals surface area (Å²) in [4.78, 5) is 16.0. The lowest BCUT2D eigenvalue weighted by molar-refractivity contribution is -0.132. The van der Waals surface area contributed by atoms with Crippen LogP contribution in [0.3, 0.4) is 0 Å². The smallest absolute Gasteiger partial charge is 0.246 e. The standard InChI is InChI=1S/C20H32N2O3S/c1-20(24)10-11-22(13-15-7-4-3-5-8-15)18(16-9-6-12-26-16)19(20)21-17(23)14-25-2/h6,9,12,15,18-19,24H,3-5,7-8,10-11,13-14H2,1-2H3,(H,21,23)/t18-,19-,20+/m0/s1. The average molecular weight is 381 g/mol. The van der Waals surface area contributed by atoms with Crippen LogP contribution < -0.4 is 5.32 Å². The maximum absolute atomic E-state index is 12.2. The topological polar surface area (TPSA) is 61.8 Å². The number of rotatable bonds is 6. The number of piperidine rings is 1. The average Bonchev–Trinajstić information content (AvgIpc) is 3.13. The summed E-state index contributed by atoms with van der Waals surface area (Å²) in [5.41, 5.74) is -0.929. The van der Waals surface area contributed by atoms with E-state index in [0.29, 0.717) is 6.42 Å². The van der Waals surface area contributed by atoms with Crippen molar-refractivity contribution in [2.75, 3.05) is 26.8 Å². The summed E-state index contributed by atoms with van der Waals surface area (Å²) in [6, 6.07) is 3.86. The van der Waals surface area contributed by atoms with Gasteiger partial charge in [-0.3, -0.25) is 9.69 Å². The molecule has 1 aromatic rings. The van der Waals surface area contributed by atoms with Gasteiger partial charge in [0.05, 0.1) is 17.7 Å².